The van der Waals surface area contributed by atoms with E-state index in [9.17, 15) is 10.2 Å². The number of unbranched alkanes of at least 4 members (excludes halogenated alkanes) is 3. The fourth-order valence-corrected chi connectivity index (χ4v) is 3.77. The minimum atomic E-state index is -0.215. The Bertz CT molecular complexity index is 1080. The summed E-state index contributed by atoms with van der Waals surface area (Å²) in [7, 11) is 0. The second-order valence-corrected chi connectivity index (χ2v) is 8.35. The van der Waals surface area contributed by atoms with Crippen LogP contribution in [0.3, 0.4) is 0 Å². The highest BCUT2D eigenvalue weighted by Gasteiger charge is 2.11. The fourth-order valence-electron chi connectivity index (χ4n) is 3.77. The van der Waals surface area contributed by atoms with E-state index in [1.165, 1.54) is 31.2 Å². The van der Waals surface area contributed by atoms with E-state index in [2.05, 4.69) is 42.1 Å². The van der Waals surface area contributed by atoms with E-state index >= 15 is 0 Å². The quantitative estimate of drug-likeness (QED) is 0.197. The van der Waals surface area contributed by atoms with Gasteiger partial charge in [-0.25, -0.2) is 0 Å². The first-order valence-corrected chi connectivity index (χ1v) is 11.9. The molecule has 0 aliphatic rings. The molecule has 4 heteroatoms. The van der Waals surface area contributed by atoms with Crippen LogP contribution in [0.4, 0.5) is 5.69 Å². The molecule has 0 fully saturated rings. The number of aliphatic imine (C=N–C) groups is 1. The summed E-state index contributed by atoms with van der Waals surface area (Å²) in [6.45, 7) is 2.11. The minimum Gasteiger partial charge on any atom is -0.488 e. The smallest absolute Gasteiger partial charge is 0.130 e. The van der Waals surface area contributed by atoms with Gasteiger partial charge in [0.15, 0.2) is 0 Å². The molecular formula is C30H33NO3. The van der Waals surface area contributed by atoms with Gasteiger partial charge >= 0.3 is 0 Å². The van der Waals surface area contributed by atoms with Crippen molar-refractivity contribution in [3.8, 4) is 18.1 Å². The third kappa shape index (κ3) is 7.31. The normalized spacial score (nSPS) is 11.0. The first kappa shape index (κ1) is 25.2. The zero-order valence-corrected chi connectivity index (χ0v) is 19.8. The van der Waals surface area contributed by atoms with Crippen LogP contribution in [0, 0.1) is 12.3 Å². The summed E-state index contributed by atoms with van der Waals surface area (Å²) >= 11 is 0. The molecule has 0 atom stereocenters. The van der Waals surface area contributed by atoms with Gasteiger partial charge < -0.3 is 14.9 Å². The number of aryl methyl sites for hydroxylation is 1. The molecule has 3 aromatic rings. The Morgan fingerprint density at radius 2 is 1.53 bits per heavy atom. The van der Waals surface area contributed by atoms with Gasteiger partial charge in [0, 0.05) is 22.9 Å². The van der Waals surface area contributed by atoms with Crippen LogP contribution in [0.25, 0.3) is 0 Å². The Morgan fingerprint density at radius 3 is 2.12 bits per heavy atom. The standard InChI is InChI=1S/C30H33NO3/c1-3-5-6-7-8-24-13-15-29(16-14-24)31-19-25-9-11-26(12-10-25)22-34-30-27(20-32)17-23(4-2)18-28(30)21-33/h2,9-19,32-33H,3,5-8,20-22H2,1H3. The molecule has 0 aromatic heterocycles. The molecule has 2 N–H and O–H groups in total. The zero-order chi connectivity index (χ0) is 24.2. The summed E-state index contributed by atoms with van der Waals surface area (Å²) in [4.78, 5) is 4.58. The Hall–Kier alpha value is -3.39. The number of ether oxygens (including phenoxy) is 1. The second-order valence-electron chi connectivity index (χ2n) is 8.35. The van der Waals surface area contributed by atoms with E-state index in [0.29, 0.717) is 29.0 Å². The summed E-state index contributed by atoms with van der Waals surface area (Å²) in [5.74, 6) is 3.01. The van der Waals surface area contributed by atoms with Crippen LogP contribution in [0.15, 0.2) is 65.7 Å². The SMILES string of the molecule is C#Cc1cc(CO)c(OCc2ccc(C=Nc3ccc(CCCCCC)cc3)cc2)c(CO)c1. The molecule has 0 aliphatic heterocycles. The first-order chi connectivity index (χ1) is 16.7. The van der Waals surface area contributed by atoms with Crippen LogP contribution in [0.5, 0.6) is 5.75 Å². The number of rotatable bonds is 12. The van der Waals surface area contributed by atoms with E-state index in [1.807, 2.05) is 30.5 Å². The number of benzene rings is 3. The fraction of sp³-hybridized carbons (Fsp3) is 0.300. The van der Waals surface area contributed by atoms with Crippen molar-refractivity contribution in [3.63, 3.8) is 0 Å². The van der Waals surface area contributed by atoms with Crippen molar-refractivity contribution in [1.29, 1.82) is 0 Å². The lowest BCUT2D eigenvalue weighted by molar-refractivity contribution is 0.242. The number of terminal acetylenes is 1. The Labute approximate surface area is 203 Å². The number of nitrogens with zero attached hydrogens (tertiary/aromatic N) is 1. The van der Waals surface area contributed by atoms with Crippen LogP contribution in [-0.4, -0.2) is 16.4 Å². The molecule has 0 aliphatic carbocycles. The summed E-state index contributed by atoms with van der Waals surface area (Å²) < 4.78 is 5.94. The van der Waals surface area contributed by atoms with E-state index in [4.69, 9.17) is 11.2 Å². The van der Waals surface area contributed by atoms with Gasteiger partial charge in [-0.1, -0.05) is 68.5 Å². The third-order valence-electron chi connectivity index (χ3n) is 5.73. The van der Waals surface area contributed by atoms with E-state index < -0.39 is 0 Å². The van der Waals surface area contributed by atoms with Crippen LogP contribution in [-0.2, 0) is 26.2 Å². The molecule has 34 heavy (non-hydrogen) atoms. The third-order valence-corrected chi connectivity index (χ3v) is 5.73. The molecule has 0 spiro atoms. The number of aliphatic hydroxyl groups excluding tert-OH is 2. The molecule has 3 rings (SSSR count). The largest absolute Gasteiger partial charge is 0.488 e. The second kappa shape index (κ2) is 13.3. The molecule has 3 aromatic carbocycles. The highest BCUT2D eigenvalue weighted by Crippen LogP contribution is 2.27. The van der Waals surface area contributed by atoms with Gasteiger partial charge in [0.2, 0.25) is 0 Å². The number of aliphatic hydroxyl groups is 2. The maximum Gasteiger partial charge on any atom is 0.130 e. The minimum absolute atomic E-state index is 0.215. The van der Waals surface area contributed by atoms with Crippen molar-refractivity contribution in [2.24, 2.45) is 4.99 Å². The van der Waals surface area contributed by atoms with Crippen LogP contribution >= 0.6 is 0 Å². The predicted octanol–water partition coefficient (Wildman–Crippen LogP) is 6.10. The van der Waals surface area contributed by atoms with Crippen LogP contribution in [0.1, 0.15) is 66.0 Å². The molecule has 0 bridgehead atoms. The summed E-state index contributed by atoms with van der Waals surface area (Å²) in [5.41, 5.74) is 6.00. The van der Waals surface area contributed by atoms with Crippen molar-refractivity contribution in [3.05, 3.63) is 94.0 Å². The molecular weight excluding hydrogens is 422 g/mol. The van der Waals surface area contributed by atoms with Gasteiger partial charge in [-0.3, -0.25) is 4.99 Å². The van der Waals surface area contributed by atoms with Crippen molar-refractivity contribution in [2.75, 3.05) is 0 Å². The van der Waals surface area contributed by atoms with Gasteiger partial charge in [-0.2, -0.15) is 0 Å². The lowest BCUT2D eigenvalue weighted by atomic mass is 10.0. The van der Waals surface area contributed by atoms with Gasteiger partial charge in [-0.05, 0) is 53.8 Å². The monoisotopic (exact) mass is 455 g/mol. The van der Waals surface area contributed by atoms with E-state index in [0.717, 1.165) is 23.2 Å². The summed E-state index contributed by atoms with van der Waals surface area (Å²) in [6, 6.07) is 19.8. The van der Waals surface area contributed by atoms with Gasteiger partial charge in [-0.15, -0.1) is 6.42 Å². The molecule has 0 radical (unpaired) electrons. The Morgan fingerprint density at radius 1 is 0.882 bits per heavy atom. The first-order valence-electron chi connectivity index (χ1n) is 11.9. The average Bonchev–Trinajstić information content (AvgIpc) is 2.89. The molecule has 0 unspecified atom stereocenters. The molecule has 0 heterocycles. The predicted molar refractivity (Wildman–Crippen MR) is 139 cm³/mol. The molecule has 176 valence electrons. The van der Waals surface area contributed by atoms with Crippen LogP contribution < -0.4 is 4.74 Å². The molecule has 0 saturated heterocycles. The summed E-state index contributed by atoms with van der Waals surface area (Å²) in [5, 5.41) is 19.3. The Kier molecular flexibility index (Phi) is 9.91. The highest BCUT2D eigenvalue weighted by molar-refractivity contribution is 5.81. The van der Waals surface area contributed by atoms with Crippen molar-refractivity contribution in [1.82, 2.24) is 0 Å². The topological polar surface area (TPSA) is 62.0 Å². The van der Waals surface area contributed by atoms with Gasteiger partial charge in [0.1, 0.15) is 12.4 Å². The van der Waals surface area contributed by atoms with E-state index in [-0.39, 0.29) is 13.2 Å². The van der Waals surface area contributed by atoms with Gasteiger partial charge in [0.25, 0.3) is 0 Å². The van der Waals surface area contributed by atoms with Crippen LogP contribution in [0.2, 0.25) is 0 Å². The van der Waals surface area contributed by atoms with Crippen molar-refractivity contribution >= 4 is 11.9 Å². The van der Waals surface area contributed by atoms with Crippen molar-refractivity contribution < 1.29 is 14.9 Å². The van der Waals surface area contributed by atoms with Crippen molar-refractivity contribution in [2.45, 2.75) is 58.8 Å². The molecule has 0 amide bonds. The van der Waals surface area contributed by atoms with Gasteiger partial charge in [0.05, 0.1) is 18.9 Å². The number of hydrogen-bond donors (Lipinski definition) is 2. The lowest BCUT2D eigenvalue weighted by Crippen LogP contribution is -2.03. The lowest BCUT2D eigenvalue weighted by Gasteiger charge is -2.15. The maximum absolute atomic E-state index is 9.67. The highest BCUT2D eigenvalue weighted by atomic mass is 16.5. The average molecular weight is 456 g/mol. The van der Waals surface area contributed by atoms with E-state index in [1.54, 1.807) is 12.1 Å². The molecule has 4 nitrogen and oxygen atoms in total. The molecule has 0 saturated carbocycles. The Balaban J connectivity index is 1.58. The summed E-state index contributed by atoms with van der Waals surface area (Å²) in [6.07, 6.45) is 13.5. The zero-order valence-electron chi connectivity index (χ0n) is 19.8. The number of hydrogen-bond acceptors (Lipinski definition) is 4. The maximum atomic E-state index is 9.67.